The molecule has 0 aliphatic heterocycles. The summed E-state index contributed by atoms with van der Waals surface area (Å²) in [4.78, 5) is 15.8. The maximum absolute atomic E-state index is 11.7. The molecule has 0 bridgehead atoms. The van der Waals surface area contributed by atoms with Gasteiger partial charge in [0.15, 0.2) is 0 Å². The SMILES string of the molecule is COC(=O)c1ccncc1CCc1ccc(C2CC2)cc1. The molecule has 3 rings (SSSR count). The highest BCUT2D eigenvalue weighted by Gasteiger charge is 2.22. The van der Waals surface area contributed by atoms with E-state index in [-0.39, 0.29) is 5.97 Å². The van der Waals surface area contributed by atoms with Crippen molar-refractivity contribution in [3.05, 3.63) is 65.0 Å². The number of rotatable bonds is 5. The zero-order valence-electron chi connectivity index (χ0n) is 12.2. The summed E-state index contributed by atoms with van der Waals surface area (Å²) in [5.74, 6) is 0.500. The van der Waals surface area contributed by atoms with Crippen LogP contribution in [-0.4, -0.2) is 18.1 Å². The maximum atomic E-state index is 11.7. The zero-order chi connectivity index (χ0) is 14.7. The van der Waals surface area contributed by atoms with Crippen LogP contribution < -0.4 is 0 Å². The average Bonchev–Trinajstić information content (AvgIpc) is 3.38. The van der Waals surface area contributed by atoms with Crippen molar-refractivity contribution in [2.75, 3.05) is 7.11 Å². The van der Waals surface area contributed by atoms with Crippen molar-refractivity contribution in [3.8, 4) is 0 Å². The number of carbonyl (C=O) groups is 1. The lowest BCUT2D eigenvalue weighted by Crippen LogP contribution is -2.07. The third kappa shape index (κ3) is 3.30. The standard InChI is InChI=1S/C18H19NO2/c1-21-18(20)17-10-11-19-12-16(17)7-4-13-2-5-14(6-3-13)15-8-9-15/h2-3,5-6,10-12,15H,4,7-9H2,1H3. The van der Waals surface area contributed by atoms with E-state index in [0.717, 1.165) is 24.3 Å². The van der Waals surface area contributed by atoms with Crippen molar-refractivity contribution in [2.45, 2.75) is 31.6 Å². The van der Waals surface area contributed by atoms with Crippen LogP contribution in [-0.2, 0) is 17.6 Å². The predicted molar refractivity (Wildman–Crippen MR) is 81.4 cm³/mol. The smallest absolute Gasteiger partial charge is 0.338 e. The van der Waals surface area contributed by atoms with E-state index in [2.05, 4.69) is 29.2 Å². The van der Waals surface area contributed by atoms with Crippen LogP contribution in [0.25, 0.3) is 0 Å². The number of aromatic nitrogens is 1. The topological polar surface area (TPSA) is 39.2 Å². The lowest BCUT2D eigenvalue weighted by molar-refractivity contribution is 0.0599. The minimum atomic E-state index is -0.295. The number of nitrogens with zero attached hydrogens (tertiary/aromatic N) is 1. The summed E-state index contributed by atoms with van der Waals surface area (Å²) in [6.07, 6.45) is 7.74. The molecule has 108 valence electrons. The Bertz CT molecular complexity index is 630. The van der Waals surface area contributed by atoms with E-state index >= 15 is 0 Å². The van der Waals surface area contributed by atoms with Crippen molar-refractivity contribution in [1.29, 1.82) is 0 Å². The molecule has 21 heavy (non-hydrogen) atoms. The van der Waals surface area contributed by atoms with E-state index in [1.165, 1.54) is 31.1 Å². The van der Waals surface area contributed by atoms with Gasteiger partial charge in [-0.05, 0) is 54.4 Å². The number of pyridine rings is 1. The normalized spacial score (nSPS) is 14.0. The minimum Gasteiger partial charge on any atom is -0.465 e. The van der Waals surface area contributed by atoms with Gasteiger partial charge >= 0.3 is 5.97 Å². The summed E-state index contributed by atoms with van der Waals surface area (Å²) in [5, 5.41) is 0. The first-order chi connectivity index (χ1) is 10.3. The number of hydrogen-bond acceptors (Lipinski definition) is 3. The van der Waals surface area contributed by atoms with Crippen LogP contribution in [0.4, 0.5) is 0 Å². The van der Waals surface area contributed by atoms with Gasteiger partial charge in [-0.3, -0.25) is 4.98 Å². The van der Waals surface area contributed by atoms with Crippen LogP contribution in [0.5, 0.6) is 0 Å². The van der Waals surface area contributed by atoms with Gasteiger partial charge in [0, 0.05) is 12.4 Å². The van der Waals surface area contributed by atoms with Gasteiger partial charge in [-0.15, -0.1) is 0 Å². The van der Waals surface area contributed by atoms with Gasteiger partial charge in [-0.2, -0.15) is 0 Å². The number of aryl methyl sites for hydroxylation is 2. The number of ether oxygens (including phenoxy) is 1. The zero-order valence-corrected chi connectivity index (χ0v) is 12.2. The van der Waals surface area contributed by atoms with Gasteiger partial charge in [-0.1, -0.05) is 24.3 Å². The van der Waals surface area contributed by atoms with Crippen LogP contribution in [0.2, 0.25) is 0 Å². The lowest BCUT2D eigenvalue weighted by atomic mass is 10.0. The fraction of sp³-hybridized carbons (Fsp3) is 0.333. The molecule has 1 aliphatic rings. The number of benzene rings is 1. The molecule has 1 saturated carbocycles. The van der Waals surface area contributed by atoms with Crippen molar-refractivity contribution in [1.82, 2.24) is 4.98 Å². The van der Waals surface area contributed by atoms with Crippen LogP contribution in [0.3, 0.4) is 0 Å². The molecule has 0 radical (unpaired) electrons. The van der Waals surface area contributed by atoms with Gasteiger partial charge in [0.25, 0.3) is 0 Å². The average molecular weight is 281 g/mol. The van der Waals surface area contributed by atoms with Crippen molar-refractivity contribution in [3.63, 3.8) is 0 Å². The van der Waals surface area contributed by atoms with Crippen LogP contribution in [0.15, 0.2) is 42.7 Å². The molecule has 1 fully saturated rings. The fourth-order valence-corrected chi connectivity index (χ4v) is 2.59. The second-order valence-electron chi connectivity index (χ2n) is 5.54. The molecule has 0 atom stereocenters. The Labute approximate surface area is 125 Å². The molecule has 2 aromatic rings. The maximum Gasteiger partial charge on any atom is 0.338 e. The van der Waals surface area contributed by atoms with Gasteiger partial charge in [0.1, 0.15) is 0 Å². The van der Waals surface area contributed by atoms with E-state index in [1.54, 1.807) is 18.5 Å². The molecule has 3 heteroatoms. The number of esters is 1. The van der Waals surface area contributed by atoms with E-state index in [4.69, 9.17) is 4.74 Å². The monoisotopic (exact) mass is 281 g/mol. The van der Waals surface area contributed by atoms with Crippen LogP contribution >= 0.6 is 0 Å². The van der Waals surface area contributed by atoms with Crippen molar-refractivity contribution >= 4 is 5.97 Å². The molecule has 0 spiro atoms. The molecular weight excluding hydrogens is 262 g/mol. The highest BCUT2D eigenvalue weighted by atomic mass is 16.5. The molecule has 0 unspecified atom stereocenters. The fourth-order valence-electron chi connectivity index (χ4n) is 2.59. The second kappa shape index (κ2) is 6.08. The lowest BCUT2D eigenvalue weighted by Gasteiger charge is -2.07. The number of carbonyl (C=O) groups excluding carboxylic acids is 1. The summed E-state index contributed by atoms with van der Waals surface area (Å²) < 4.78 is 4.81. The molecule has 0 amide bonds. The number of hydrogen-bond donors (Lipinski definition) is 0. The Balaban J connectivity index is 1.68. The third-order valence-electron chi connectivity index (χ3n) is 4.02. The Morgan fingerprint density at radius 2 is 1.95 bits per heavy atom. The first-order valence-corrected chi connectivity index (χ1v) is 7.38. The molecule has 1 aliphatic carbocycles. The minimum absolute atomic E-state index is 0.295. The summed E-state index contributed by atoms with van der Waals surface area (Å²) >= 11 is 0. The van der Waals surface area contributed by atoms with Gasteiger partial charge in [0.2, 0.25) is 0 Å². The van der Waals surface area contributed by atoms with E-state index < -0.39 is 0 Å². The second-order valence-corrected chi connectivity index (χ2v) is 5.54. The Morgan fingerprint density at radius 1 is 1.19 bits per heavy atom. The van der Waals surface area contributed by atoms with E-state index in [0.29, 0.717) is 5.56 Å². The highest BCUT2D eigenvalue weighted by molar-refractivity contribution is 5.90. The quantitative estimate of drug-likeness (QED) is 0.787. The van der Waals surface area contributed by atoms with Gasteiger partial charge < -0.3 is 4.74 Å². The Morgan fingerprint density at radius 3 is 2.62 bits per heavy atom. The Kier molecular flexibility index (Phi) is 4.00. The van der Waals surface area contributed by atoms with Crippen molar-refractivity contribution < 1.29 is 9.53 Å². The van der Waals surface area contributed by atoms with Gasteiger partial charge in [0.05, 0.1) is 12.7 Å². The van der Waals surface area contributed by atoms with Crippen LogP contribution in [0, 0.1) is 0 Å². The summed E-state index contributed by atoms with van der Waals surface area (Å²) in [7, 11) is 1.41. The molecule has 0 N–H and O–H groups in total. The molecular formula is C18H19NO2. The number of methoxy groups -OCH3 is 1. The van der Waals surface area contributed by atoms with Crippen LogP contribution in [0.1, 0.15) is 45.8 Å². The van der Waals surface area contributed by atoms with E-state index in [9.17, 15) is 4.79 Å². The summed E-state index contributed by atoms with van der Waals surface area (Å²) in [6.45, 7) is 0. The molecule has 3 nitrogen and oxygen atoms in total. The van der Waals surface area contributed by atoms with E-state index in [1.807, 2.05) is 0 Å². The summed E-state index contributed by atoms with van der Waals surface area (Å²) in [5.41, 5.74) is 4.30. The Hall–Kier alpha value is -2.16. The molecule has 1 aromatic heterocycles. The molecule has 0 saturated heterocycles. The largest absolute Gasteiger partial charge is 0.465 e. The predicted octanol–water partition coefficient (Wildman–Crippen LogP) is 3.53. The molecule has 1 heterocycles. The first-order valence-electron chi connectivity index (χ1n) is 7.38. The first kappa shape index (κ1) is 13.8. The molecule has 1 aromatic carbocycles. The van der Waals surface area contributed by atoms with Gasteiger partial charge in [-0.25, -0.2) is 4.79 Å². The summed E-state index contributed by atoms with van der Waals surface area (Å²) in [6, 6.07) is 10.6. The van der Waals surface area contributed by atoms with Crippen molar-refractivity contribution in [2.24, 2.45) is 0 Å². The highest BCUT2D eigenvalue weighted by Crippen LogP contribution is 2.39. The third-order valence-corrected chi connectivity index (χ3v) is 4.02.